The number of rotatable bonds is 5. The van der Waals surface area contributed by atoms with Gasteiger partial charge in [0.15, 0.2) is 0 Å². The molecule has 0 aromatic rings. The van der Waals surface area contributed by atoms with Crippen molar-refractivity contribution in [3.8, 4) is 0 Å². The monoisotopic (exact) mass is 340 g/mol. The molecule has 0 spiro atoms. The Hall–Kier alpha value is -0.0700. The van der Waals surface area contributed by atoms with Gasteiger partial charge < -0.3 is 15.5 Å². The molecule has 2 aliphatic rings. The van der Waals surface area contributed by atoms with Crippen molar-refractivity contribution < 1.29 is 4.79 Å². The molecule has 0 aromatic heterocycles. The van der Waals surface area contributed by atoms with Crippen LogP contribution in [0.15, 0.2) is 0 Å². The van der Waals surface area contributed by atoms with E-state index in [4.69, 9.17) is 0 Å². The van der Waals surface area contributed by atoms with Crippen molar-refractivity contribution in [1.29, 1.82) is 0 Å². The maximum atomic E-state index is 11.9. The van der Waals surface area contributed by atoms with Crippen LogP contribution in [0, 0.1) is 0 Å². The Kier molecular flexibility index (Phi) is 11.5. The summed E-state index contributed by atoms with van der Waals surface area (Å²) in [6.07, 6.45) is 4.38. The summed E-state index contributed by atoms with van der Waals surface area (Å²) in [6, 6.07) is 0.452. The summed E-state index contributed by atoms with van der Waals surface area (Å²) in [5.41, 5.74) is 0. The number of piperidine rings is 1. The lowest BCUT2D eigenvalue weighted by Gasteiger charge is -2.32. The molecular weight excluding hydrogens is 311 g/mol. The molecule has 1 amide bonds. The number of carbonyl (C=O) groups excluding carboxylic acids is 1. The first kappa shape index (κ1) is 20.9. The molecule has 5 nitrogen and oxygen atoms in total. The molecule has 1 unspecified atom stereocenters. The zero-order valence-corrected chi connectivity index (χ0v) is 14.6. The number of carbonyl (C=O) groups is 1. The van der Waals surface area contributed by atoms with E-state index in [1.165, 1.54) is 19.3 Å². The van der Waals surface area contributed by atoms with E-state index in [1.54, 1.807) is 0 Å². The fourth-order valence-corrected chi connectivity index (χ4v) is 2.98. The average Bonchev–Trinajstić information content (AvgIpc) is 2.43. The second-order valence-corrected chi connectivity index (χ2v) is 5.78. The molecule has 2 N–H and O–H groups in total. The van der Waals surface area contributed by atoms with E-state index in [0.29, 0.717) is 12.5 Å². The lowest BCUT2D eigenvalue weighted by Crippen LogP contribution is -2.46. The van der Waals surface area contributed by atoms with Gasteiger partial charge in [-0.3, -0.25) is 9.69 Å². The van der Waals surface area contributed by atoms with Crippen molar-refractivity contribution in [3.63, 3.8) is 0 Å². The quantitative estimate of drug-likeness (QED) is 0.774. The zero-order chi connectivity index (χ0) is 13.5. The first-order chi connectivity index (χ1) is 9.25. The van der Waals surface area contributed by atoms with Gasteiger partial charge in [0, 0.05) is 51.7 Å². The molecular formula is C14H30Cl2N4O. The van der Waals surface area contributed by atoms with Crippen LogP contribution in [0.3, 0.4) is 0 Å². The first-order valence-electron chi connectivity index (χ1n) is 7.66. The third-order valence-corrected chi connectivity index (χ3v) is 4.30. The smallest absolute Gasteiger partial charge is 0.221 e. The van der Waals surface area contributed by atoms with Crippen LogP contribution in [-0.2, 0) is 4.79 Å². The minimum absolute atomic E-state index is 0. The molecule has 2 heterocycles. The number of amides is 1. The van der Waals surface area contributed by atoms with Crippen molar-refractivity contribution in [2.45, 2.75) is 31.7 Å². The van der Waals surface area contributed by atoms with Gasteiger partial charge in [-0.15, -0.1) is 24.8 Å². The number of nitrogens with zero attached hydrogens (tertiary/aromatic N) is 2. The number of nitrogens with one attached hydrogen (secondary N) is 2. The molecule has 0 aromatic carbocycles. The molecule has 1 atom stereocenters. The number of halogens is 2. The van der Waals surface area contributed by atoms with Crippen molar-refractivity contribution in [2.75, 3.05) is 52.9 Å². The Morgan fingerprint density at radius 3 is 2.57 bits per heavy atom. The third kappa shape index (κ3) is 7.66. The molecule has 0 bridgehead atoms. The zero-order valence-electron chi connectivity index (χ0n) is 13.0. The molecule has 0 aliphatic carbocycles. The minimum Gasteiger partial charge on any atom is -0.355 e. The molecule has 0 saturated carbocycles. The summed E-state index contributed by atoms with van der Waals surface area (Å²) < 4.78 is 0. The maximum absolute atomic E-state index is 11.9. The van der Waals surface area contributed by atoms with E-state index in [-0.39, 0.29) is 30.7 Å². The predicted molar refractivity (Wildman–Crippen MR) is 91.7 cm³/mol. The second kappa shape index (κ2) is 11.5. The lowest BCUT2D eigenvalue weighted by atomic mass is 10.00. The Bertz CT molecular complexity index is 288. The minimum atomic E-state index is 0. The van der Waals surface area contributed by atoms with Gasteiger partial charge >= 0.3 is 0 Å². The Morgan fingerprint density at radius 1 is 1.19 bits per heavy atom. The summed E-state index contributed by atoms with van der Waals surface area (Å²) >= 11 is 0. The highest BCUT2D eigenvalue weighted by Crippen LogP contribution is 2.17. The van der Waals surface area contributed by atoms with Gasteiger partial charge in [-0.25, -0.2) is 0 Å². The van der Waals surface area contributed by atoms with Crippen LogP contribution in [0.5, 0.6) is 0 Å². The normalized spacial score (nSPS) is 23.8. The first-order valence-corrected chi connectivity index (χ1v) is 7.66. The van der Waals surface area contributed by atoms with Gasteiger partial charge in [-0.2, -0.15) is 0 Å². The van der Waals surface area contributed by atoms with Crippen molar-refractivity contribution in [3.05, 3.63) is 0 Å². The number of hydrogen-bond donors (Lipinski definition) is 2. The molecule has 2 fully saturated rings. The van der Waals surface area contributed by atoms with E-state index in [9.17, 15) is 4.79 Å². The number of piperazine rings is 1. The summed E-state index contributed by atoms with van der Waals surface area (Å²) in [6.45, 7) is 7.24. The highest BCUT2D eigenvalue weighted by molar-refractivity contribution is 5.85. The largest absolute Gasteiger partial charge is 0.355 e. The van der Waals surface area contributed by atoms with E-state index < -0.39 is 0 Å². The molecule has 21 heavy (non-hydrogen) atoms. The van der Waals surface area contributed by atoms with Gasteiger partial charge in [0.25, 0.3) is 0 Å². The van der Waals surface area contributed by atoms with Crippen LogP contribution in [0.25, 0.3) is 0 Å². The Labute approximate surface area is 141 Å². The van der Waals surface area contributed by atoms with Crippen LogP contribution in [0.2, 0.25) is 0 Å². The Balaban J connectivity index is 0.00000200. The molecule has 2 saturated heterocycles. The van der Waals surface area contributed by atoms with Crippen LogP contribution in [0.1, 0.15) is 25.7 Å². The second-order valence-electron chi connectivity index (χ2n) is 5.78. The average molecular weight is 341 g/mol. The molecule has 0 radical (unpaired) electrons. The predicted octanol–water partition coefficient (Wildman–Crippen LogP) is 0.726. The summed E-state index contributed by atoms with van der Waals surface area (Å²) in [5.74, 6) is 0.217. The molecule has 2 rings (SSSR count). The van der Waals surface area contributed by atoms with Crippen molar-refractivity contribution in [2.24, 2.45) is 0 Å². The van der Waals surface area contributed by atoms with Crippen molar-refractivity contribution >= 4 is 30.7 Å². The van der Waals surface area contributed by atoms with Gasteiger partial charge in [0.05, 0.1) is 0 Å². The van der Waals surface area contributed by atoms with Crippen LogP contribution in [0.4, 0.5) is 0 Å². The maximum Gasteiger partial charge on any atom is 0.221 e. The van der Waals surface area contributed by atoms with Crippen molar-refractivity contribution in [1.82, 2.24) is 20.4 Å². The molecule has 126 valence electrons. The molecule has 7 heteroatoms. The van der Waals surface area contributed by atoms with Gasteiger partial charge in [0.2, 0.25) is 5.91 Å². The number of hydrogen-bond acceptors (Lipinski definition) is 4. The lowest BCUT2D eigenvalue weighted by molar-refractivity contribution is -0.122. The highest BCUT2D eigenvalue weighted by atomic mass is 35.5. The summed E-state index contributed by atoms with van der Waals surface area (Å²) in [7, 11) is 2.14. The molecule has 2 aliphatic heterocycles. The highest BCUT2D eigenvalue weighted by Gasteiger charge is 2.21. The van der Waals surface area contributed by atoms with E-state index in [1.807, 2.05) is 0 Å². The summed E-state index contributed by atoms with van der Waals surface area (Å²) in [5, 5.41) is 6.41. The van der Waals surface area contributed by atoms with E-state index >= 15 is 0 Å². The summed E-state index contributed by atoms with van der Waals surface area (Å²) in [4.78, 5) is 16.7. The van der Waals surface area contributed by atoms with Gasteiger partial charge in [0.1, 0.15) is 0 Å². The Morgan fingerprint density at radius 2 is 1.90 bits per heavy atom. The number of likely N-dealkylation sites (tertiary alicyclic amines) is 1. The fourth-order valence-electron chi connectivity index (χ4n) is 2.98. The van der Waals surface area contributed by atoms with E-state index in [2.05, 4.69) is 27.5 Å². The SMILES string of the molecule is CN1CCCCC1CC(=O)NCCN1CCNCC1.Cl.Cl. The van der Waals surface area contributed by atoms with Crippen LogP contribution >= 0.6 is 24.8 Å². The third-order valence-electron chi connectivity index (χ3n) is 4.30. The fraction of sp³-hybridized carbons (Fsp3) is 0.929. The van der Waals surface area contributed by atoms with Crippen LogP contribution in [-0.4, -0.2) is 74.6 Å². The topological polar surface area (TPSA) is 47.6 Å². The standard InChI is InChI=1S/C14H28N4O.2ClH/c1-17-8-3-2-4-13(17)12-14(19)16-7-11-18-9-5-15-6-10-18;;/h13,15H,2-12H2,1H3,(H,16,19);2*1H. The van der Waals surface area contributed by atoms with Gasteiger partial charge in [-0.05, 0) is 26.4 Å². The van der Waals surface area contributed by atoms with Gasteiger partial charge in [-0.1, -0.05) is 6.42 Å². The van der Waals surface area contributed by atoms with Crippen LogP contribution < -0.4 is 10.6 Å². The van der Waals surface area contributed by atoms with E-state index in [0.717, 1.165) is 45.8 Å².